The lowest BCUT2D eigenvalue weighted by Gasteiger charge is -2.28. The second-order valence-corrected chi connectivity index (χ2v) is 5.86. The monoisotopic (exact) mass is 258 g/mol. The zero-order chi connectivity index (χ0) is 13.8. The van der Waals surface area contributed by atoms with Crippen LogP contribution in [0.5, 0.6) is 0 Å². The van der Waals surface area contributed by atoms with E-state index in [4.69, 9.17) is 5.11 Å². The van der Waals surface area contributed by atoms with Crippen LogP contribution < -0.4 is 0 Å². The highest BCUT2D eigenvalue weighted by molar-refractivity contribution is 5.90. The zero-order valence-electron chi connectivity index (χ0n) is 11.7. The number of carboxylic acids is 1. The van der Waals surface area contributed by atoms with Crippen LogP contribution in [0.3, 0.4) is 0 Å². The molecule has 19 heavy (non-hydrogen) atoms. The molecule has 2 heteroatoms. The minimum absolute atomic E-state index is 0.437. The van der Waals surface area contributed by atoms with E-state index >= 15 is 0 Å². The van der Waals surface area contributed by atoms with Gasteiger partial charge in [0.05, 0.1) is 0 Å². The van der Waals surface area contributed by atoms with E-state index in [0.717, 1.165) is 30.4 Å². The van der Waals surface area contributed by atoms with Crippen molar-refractivity contribution in [1.29, 1.82) is 0 Å². The Hall–Kier alpha value is -1.57. The molecule has 0 atom stereocenters. The molecule has 0 saturated heterocycles. The summed E-state index contributed by atoms with van der Waals surface area (Å²) in [5.74, 6) is 0.242. The molecule has 0 radical (unpaired) electrons. The fourth-order valence-electron chi connectivity index (χ4n) is 2.59. The highest BCUT2D eigenvalue weighted by Gasteiger charge is 2.23. The Morgan fingerprint density at radius 2 is 1.95 bits per heavy atom. The number of rotatable bonds is 5. The minimum atomic E-state index is -0.840. The highest BCUT2D eigenvalue weighted by atomic mass is 16.4. The van der Waals surface area contributed by atoms with E-state index in [0.29, 0.717) is 11.8 Å². The lowest BCUT2D eigenvalue weighted by Crippen LogP contribution is -2.14. The third-order valence-electron chi connectivity index (χ3n) is 3.76. The molecule has 2 rings (SSSR count). The number of aliphatic carboxylic acids is 1. The summed E-state index contributed by atoms with van der Waals surface area (Å²) in [7, 11) is 0. The number of carboxylic acid groups (broad SMARTS) is 1. The van der Waals surface area contributed by atoms with Gasteiger partial charge in [0.1, 0.15) is 0 Å². The molecule has 1 N–H and O–H groups in total. The van der Waals surface area contributed by atoms with Crippen LogP contribution in [0.1, 0.15) is 44.2 Å². The Balaban J connectivity index is 2.20. The molecule has 0 heterocycles. The van der Waals surface area contributed by atoms with Gasteiger partial charge < -0.3 is 5.11 Å². The van der Waals surface area contributed by atoms with Crippen LogP contribution in [0.15, 0.2) is 30.3 Å². The molecular weight excluding hydrogens is 236 g/mol. The van der Waals surface area contributed by atoms with Crippen LogP contribution in [0.25, 0.3) is 5.57 Å². The van der Waals surface area contributed by atoms with Gasteiger partial charge in [-0.2, -0.15) is 0 Å². The number of hydrogen-bond acceptors (Lipinski definition) is 1. The summed E-state index contributed by atoms with van der Waals surface area (Å²) >= 11 is 0. The average molecular weight is 258 g/mol. The van der Waals surface area contributed by atoms with Gasteiger partial charge in [-0.05, 0) is 47.8 Å². The van der Waals surface area contributed by atoms with E-state index in [-0.39, 0.29) is 0 Å². The van der Waals surface area contributed by atoms with E-state index < -0.39 is 5.97 Å². The first-order valence-electron chi connectivity index (χ1n) is 7.10. The van der Waals surface area contributed by atoms with Gasteiger partial charge in [0.15, 0.2) is 0 Å². The van der Waals surface area contributed by atoms with Crippen LogP contribution in [0, 0.1) is 11.8 Å². The molecule has 1 aromatic carbocycles. The van der Waals surface area contributed by atoms with Crippen molar-refractivity contribution in [3.63, 3.8) is 0 Å². The Morgan fingerprint density at radius 1 is 1.32 bits per heavy atom. The highest BCUT2D eigenvalue weighted by Crippen LogP contribution is 2.38. The molecule has 0 aliphatic heterocycles. The fraction of sp³-hybridized carbons (Fsp3) is 0.471. The maximum absolute atomic E-state index is 11.0. The van der Waals surface area contributed by atoms with Crippen molar-refractivity contribution in [1.82, 2.24) is 0 Å². The van der Waals surface area contributed by atoms with Gasteiger partial charge in [-0.1, -0.05) is 44.5 Å². The molecular formula is C17H22O2. The van der Waals surface area contributed by atoms with Gasteiger partial charge >= 0.3 is 5.97 Å². The normalized spacial score (nSPS) is 16.5. The number of hydrogen-bond donors (Lipinski definition) is 1. The van der Waals surface area contributed by atoms with Gasteiger partial charge in [-0.25, -0.2) is 4.79 Å². The lowest BCUT2D eigenvalue weighted by molar-refractivity contribution is -0.131. The second-order valence-electron chi connectivity index (χ2n) is 5.86. The molecule has 0 spiro atoms. The maximum Gasteiger partial charge on any atom is 0.328 e. The Morgan fingerprint density at radius 3 is 2.37 bits per heavy atom. The number of carbonyl (C=O) groups is 1. The van der Waals surface area contributed by atoms with Crippen LogP contribution in [0.4, 0.5) is 0 Å². The molecule has 1 aromatic rings. The SMILES string of the molecule is CC(C)Cc1ccc(/C(=C/C(=O)O)C2CCC2)cc1. The van der Waals surface area contributed by atoms with Crippen molar-refractivity contribution in [2.24, 2.45) is 11.8 Å². The molecule has 0 amide bonds. The summed E-state index contributed by atoms with van der Waals surface area (Å²) in [6.45, 7) is 4.41. The van der Waals surface area contributed by atoms with Crippen LogP contribution in [-0.4, -0.2) is 11.1 Å². The Kier molecular flexibility index (Phi) is 4.41. The van der Waals surface area contributed by atoms with E-state index in [2.05, 4.69) is 38.1 Å². The summed E-state index contributed by atoms with van der Waals surface area (Å²) in [4.78, 5) is 11.0. The van der Waals surface area contributed by atoms with Crippen LogP contribution in [0.2, 0.25) is 0 Å². The van der Waals surface area contributed by atoms with Crippen molar-refractivity contribution in [2.75, 3.05) is 0 Å². The van der Waals surface area contributed by atoms with E-state index in [1.165, 1.54) is 18.1 Å². The van der Waals surface area contributed by atoms with Gasteiger partial charge in [0.25, 0.3) is 0 Å². The average Bonchev–Trinajstić information content (AvgIpc) is 2.25. The largest absolute Gasteiger partial charge is 0.478 e. The second kappa shape index (κ2) is 6.05. The fourth-order valence-corrected chi connectivity index (χ4v) is 2.59. The van der Waals surface area contributed by atoms with Crippen molar-refractivity contribution in [3.8, 4) is 0 Å². The first kappa shape index (κ1) is 13.9. The summed E-state index contributed by atoms with van der Waals surface area (Å²) in [5, 5.41) is 9.01. The van der Waals surface area contributed by atoms with Gasteiger partial charge in [0, 0.05) is 6.08 Å². The van der Waals surface area contributed by atoms with Crippen LogP contribution in [-0.2, 0) is 11.2 Å². The molecule has 1 fully saturated rings. The molecule has 1 saturated carbocycles. The standard InChI is InChI=1S/C17H22O2/c1-12(2)10-13-6-8-15(9-7-13)16(11-17(18)19)14-4-3-5-14/h6-9,11-12,14H,3-5,10H2,1-2H3,(H,18,19)/b16-11+. The molecule has 2 nitrogen and oxygen atoms in total. The summed E-state index contributed by atoms with van der Waals surface area (Å²) in [5.41, 5.74) is 3.39. The maximum atomic E-state index is 11.0. The Bertz CT molecular complexity index is 465. The van der Waals surface area contributed by atoms with Crippen molar-refractivity contribution in [3.05, 3.63) is 41.5 Å². The quantitative estimate of drug-likeness (QED) is 0.805. The topological polar surface area (TPSA) is 37.3 Å². The molecule has 0 aromatic heterocycles. The van der Waals surface area contributed by atoms with Gasteiger partial charge in [-0.3, -0.25) is 0 Å². The number of benzene rings is 1. The van der Waals surface area contributed by atoms with Gasteiger partial charge in [0.2, 0.25) is 0 Å². The van der Waals surface area contributed by atoms with Crippen molar-refractivity contribution < 1.29 is 9.90 Å². The molecule has 1 aliphatic rings. The summed E-state index contributed by atoms with van der Waals surface area (Å²) < 4.78 is 0. The third-order valence-corrected chi connectivity index (χ3v) is 3.76. The first-order chi connectivity index (χ1) is 9.06. The lowest BCUT2D eigenvalue weighted by atomic mass is 9.77. The zero-order valence-corrected chi connectivity index (χ0v) is 11.7. The first-order valence-corrected chi connectivity index (χ1v) is 7.10. The summed E-state index contributed by atoms with van der Waals surface area (Å²) in [6.07, 6.45) is 5.91. The number of allylic oxidation sites excluding steroid dienone is 1. The predicted molar refractivity (Wildman–Crippen MR) is 77.9 cm³/mol. The minimum Gasteiger partial charge on any atom is -0.478 e. The van der Waals surface area contributed by atoms with Crippen LogP contribution >= 0.6 is 0 Å². The van der Waals surface area contributed by atoms with Crippen molar-refractivity contribution in [2.45, 2.75) is 39.5 Å². The summed E-state index contributed by atoms with van der Waals surface area (Å²) in [6, 6.07) is 8.41. The third kappa shape index (κ3) is 3.69. The smallest absolute Gasteiger partial charge is 0.328 e. The van der Waals surface area contributed by atoms with Gasteiger partial charge in [-0.15, -0.1) is 0 Å². The van der Waals surface area contributed by atoms with E-state index in [1.807, 2.05) is 0 Å². The Labute approximate surface area is 115 Å². The molecule has 0 bridgehead atoms. The molecule has 102 valence electrons. The molecule has 1 aliphatic carbocycles. The van der Waals surface area contributed by atoms with E-state index in [9.17, 15) is 4.79 Å². The van der Waals surface area contributed by atoms with E-state index in [1.54, 1.807) is 0 Å². The predicted octanol–water partition coefficient (Wildman–Crippen LogP) is 4.15. The van der Waals surface area contributed by atoms with Crippen molar-refractivity contribution >= 4 is 11.5 Å². The molecule has 0 unspecified atom stereocenters.